The van der Waals surface area contributed by atoms with Gasteiger partial charge in [0.05, 0.1) is 5.56 Å². The Labute approximate surface area is 127 Å². The van der Waals surface area contributed by atoms with Gasteiger partial charge in [0, 0.05) is 28.0 Å². The minimum atomic E-state index is -4.47. The van der Waals surface area contributed by atoms with Crippen LogP contribution in [0.1, 0.15) is 11.1 Å². The van der Waals surface area contributed by atoms with Crippen LogP contribution in [-0.4, -0.2) is 5.11 Å². The zero-order valence-electron chi connectivity index (χ0n) is 10.7. The van der Waals surface area contributed by atoms with Crippen LogP contribution in [0.25, 0.3) is 0 Å². The zero-order valence-corrected chi connectivity index (χ0v) is 12.3. The molecule has 0 spiro atoms. The molecule has 0 amide bonds. The van der Waals surface area contributed by atoms with Crippen molar-refractivity contribution in [2.75, 3.05) is 11.1 Å². The molecule has 21 heavy (non-hydrogen) atoms. The maximum absolute atomic E-state index is 13.0. The Morgan fingerprint density at radius 2 is 1.86 bits per heavy atom. The van der Waals surface area contributed by atoms with Gasteiger partial charge in [0.25, 0.3) is 0 Å². The summed E-state index contributed by atoms with van der Waals surface area (Å²) in [6.07, 6.45) is -4.47. The fourth-order valence-electron chi connectivity index (χ4n) is 1.84. The van der Waals surface area contributed by atoms with E-state index in [1.54, 1.807) is 0 Å². The monoisotopic (exact) mass is 360 g/mol. The van der Waals surface area contributed by atoms with Crippen molar-refractivity contribution in [1.82, 2.24) is 0 Å². The second-order valence-corrected chi connectivity index (χ2v) is 5.35. The fourth-order valence-corrected chi connectivity index (χ4v) is 2.20. The molecule has 0 unspecified atom stereocenters. The van der Waals surface area contributed by atoms with E-state index in [4.69, 9.17) is 5.73 Å². The molecule has 0 aromatic heterocycles. The van der Waals surface area contributed by atoms with Crippen molar-refractivity contribution in [2.24, 2.45) is 0 Å². The van der Waals surface area contributed by atoms with Gasteiger partial charge in [0.1, 0.15) is 5.75 Å². The van der Waals surface area contributed by atoms with Gasteiger partial charge in [-0.25, -0.2) is 0 Å². The average Bonchev–Trinajstić information content (AvgIpc) is 2.40. The molecule has 0 saturated carbocycles. The molecule has 0 aliphatic heterocycles. The van der Waals surface area contributed by atoms with E-state index >= 15 is 0 Å². The fraction of sp³-hybridized carbons (Fsp3) is 0.143. The van der Waals surface area contributed by atoms with Gasteiger partial charge in [0.2, 0.25) is 0 Å². The van der Waals surface area contributed by atoms with Gasteiger partial charge in [-0.15, -0.1) is 0 Å². The molecule has 0 aliphatic carbocycles. The van der Waals surface area contributed by atoms with E-state index in [1.165, 1.54) is 30.3 Å². The molecule has 0 fully saturated rings. The van der Waals surface area contributed by atoms with Crippen molar-refractivity contribution in [2.45, 2.75) is 12.7 Å². The Balaban J connectivity index is 2.26. The number of nitrogens with two attached hydrogens (primary N) is 1. The highest BCUT2D eigenvalue weighted by molar-refractivity contribution is 9.10. The molecule has 7 heteroatoms. The Bertz CT molecular complexity index is 659. The molecule has 0 heterocycles. The van der Waals surface area contributed by atoms with Gasteiger partial charge in [-0.3, -0.25) is 0 Å². The van der Waals surface area contributed by atoms with Crippen LogP contribution in [0, 0.1) is 0 Å². The maximum atomic E-state index is 13.0. The Morgan fingerprint density at radius 3 is 2.52 bits per heavy atom. The smallest absolute Gasteiger partial charge is 0.418 e. The van der Waals surface area contributed by atoms with Crippen molar-refractivity contribution in [3.63, 3.8) is 0 Å². The second kappa shape index (κ2) is 5.85. The molecule has 0 atom stereocenters. The highest BCUT2D eigenvalue weighted by atomic mass is 79.9. The third-order valence-electron chi connectivity index (χ3n) is 2.86. The van der Waals surface area contributed by atoms with Crippen molar-refractivity contribution in [3.05, 3.63) is 52.0 Å². The molecule has 0 bridgehead atoms. The number of nitrogen functional groups attached to an aromatic ring is 1. The summed E-state index contributed by atoms with van der Waals surface area (Å²) in [6.45, 7) is 0.0294. The average molecular weight is 361 g/mol. The number of anilines is 2. The van der Waals surface area contributed by atoms with Crippen LogP contribution in [0.5, 0.6) is 5.75 Å². The number of halogens is 4. The molecule has 112 valence electrons. The van der Waals surface area contributed by atoms with Gasteiger partial charge in [-0.1, -0.05) is 15.9 Å². The summed E-state index contributed by atoms with van der Waals surface area (Å²) in [7, 11) is 0. The molecule has 4 N–H and O–H groups in total. The summed E-state index contributed by atoms with van der Waals surface area (Å²) in [4.78, 5) is 0. The third kappa shape index (κ3) is 3.81. The van der Waals surface area contributed by atoms with Crippen molar-refractivity contribution in [1.29, 1.82) is 0 Å². The quantitative estimate of drug-likeness (QED) is 0.562. The Hall–Kier alpha value is -1.89. The van der Waals surface area contributed by atoms with Crippen molar-refractivity contribution < 1.29 is 18.3 Å². The molecule has 0 radical (unpaired) electrons. The number of nitrogens with one attached hydrogen (secondary N) is 1. The summed E-state index contributed by atoms with van der Waals surface area (Å²) in [5.41, 5.74) is 5.60. The topological polar surface area (TPSA) is 58.3 Å². The first-order valence-corrected chi connectivity index (χ1v) is 6.74. The number of hydrogen-bond donors (Lipinski definition) is 3. The number of phenolic OH excluding ortho intramolecular Hbond substituents is 1. The predicted octanol–water partition coefficient (Wildman–Crippen LogP) is 4.37. The lowest BCUT2D eigenvalue weighted by Crippen LogP contribution is -2.11. The van der Waals surface area contributed by atoms with E-state index < -0.39 is 11.7 Å². The van der Waals surface area contributed by atoms with Gasteiger partial charge >= 0.3 is 6.18 Å². The molecule has 2 aromatic rings. The SMILES string of the molecule is Nc1ccc(O)c(CNc2ccc(Br)cc2C(F)(F)F)c1. The van der Waals surface area contributed by atoms with Crippen molar-refractivity contribution >= 4 is 27.3 Å². The first-order chi connectivity index (χ1) is 9.77. The van der Waals surface area contributed by atoms with E-state index in [0.29, 0.717) is 15.7 Å². The van der Waals surface area contributed by atoms with Crippen LogP contribution >= 0.6 is 15.9 Å². The van der Waals surface area contributed by atoms with Crippen LogP contribution in [0.15, 0.2) is 40.9 Å². The number of aromatic hydroxyl groups is 1. The zero-order chi connectivity index (χ0) is 15.6. The predicted molar refractivity (Wildman–Crippen MR) is 79.0 cm³/mol. The lowest BCUT2D eigenvalue weighted by molar-refractivity contribution is -0.137. The van der Waals surface area contributed by atoms with Gasteiger partial charge in [-0.2, -0.15) is 13.2 Å². The van der Waals surface area contributed by atoms with Crippen LogP contribution in [0.2, 0.25) is 0 Å². The van der Waals surface area contributed by atoms with E-state index in [0.717, 1.165) is 6.07 Å². The first-order valence-electron chi connectivity index (χ1n) is 5.95. The van der Waals surface area contributed by atoms with Gasteiger partial charge in [0.15, 0.2) is 0 Å². The van der Waals surface area contributed by atoms with Gasteiger partial charge in [-0.05, 0) is 36.4 Å². The summed E-state index contributed by atoms with van der Waals surface area (Å²) >= 11 is 3.02. The molecule has 3 nitrogen and oxygen atoms in total. The van der Waals surface area contributed by atoms with E-state index in [-0.39, 0.29) is 18.0 Å². The molecular formula is C14H12BrF3N2O. The third-order valence-corrected chi connectivity index (χ3v) is 3.35. The summed E-state index contributed by atoms with van der Waals surface area (Å²) < 4.78 is 39.2. The number of benzene rings is 2. The lowest BCUT2D eigenvalue weighted by Gasteiger charge is -2.15. The van der Waals surface area contributed by atoms with Crippen LogP contribution in [-0.2, 0) is 12.7 Å². The standard InChI is InChI=1S/C14H12BrF3N2O/c15-9-1-3-12(11(6-9)14(16,17)18)20-7-8-5-10(19)2-4-13(8)21/h1-6,20-21H,7,19H2. The first kappa shape index (κ1) is 15.5. The summed E-state index contributed by atoms with van der Waals surface area (Å²) in [5, 5.41) is 12.3. The molecule has 2 aromatic carbocycles. The van der Waals surface area contributed by atoms with E-state index in [2.05, 4.69) is 21.2 Å². The molecule has 0 saturated heterocycles. The number of hydrogen-bond acceptors (Lipinski definition) is 3. The van der Waals surface area contributed by atoms with Gasteiger partial charge < -0.3 is 16.2 Å². The van der Waals surface area contributed by atoms with Crippen LogP contribution < -0.4 is 11.1 Å². The Kier molecular flexibility index (Phi) is 4.32. The molecular weight excluding hydrogens is 349 g/mol. The number of alkyl halides is 3. The molecule has 2 rings (SSSR count). The number of rotatable bonds is 3. The minimum Gasteiger partial charge on any atom is -0.508 e. The largest absolute Gasteiger partial charge is 0.508 e. The maximum Gasteiger partial charge on any atom is 0.418 e. The van der Waals surface area contributed by atoms with E-state index in [1.807, 2.05) is 0 Å². The molecule has 0 aliphatic rings. The highest BCUT2D eigenvalue weighted by Gasteiger charge is 2.33. The summed E-state index contributed by atoms with van der Waals surface area (Å²) in [5.74, 6) is -0.0256. The van der Waals surface area contributed by atoms with Crippen molar-refractivity contribution in [3.8, 4) is 5.75 Å². The lowest BCUT2D eigenvalue weighted by atomic mass is 10.1. The summed E-state index contributed by atoms with van der Waals surface area (Å²) in [6, 6.07) is 8.27. The van der Waals surface area contributed by atoms with Crippen LogP contribution in [0.4, 0.5) is 24.5 Å². The number of phenols is 1. The highest BCUT2D eigenvalue weighted by Crippen LogP contribution is 2.37. The van der Waals surface area contributed by atoms with E-state index in [9.17, 15) is 18.3 Å². The second-order valence-electron chi connectivity index (χ2n) is 4.43. The Morgan fingerprint density at radius 1 is 1.14 bits per heavy atom. The normalized spacial score (nSPS) is 11.4. The van der Waals surface area contributed by atoms with Crippen LogP contribution in [0.3, 0.4) is 0 Å². The minimum absolute atomic E-state index is 0.0256.